The highest BCUT2D eigenvalue weighted by molar-refractivity contribution is 5.91. The number of aromatic nitrogens is 15. The van der Waals surface area contributed by atoms with Gasteiger partial charge in [-0.05, 0) is 179 Å². The molecule has 15 atom stereocenters. The molecule has 32 nitrogen and oxygen atoms in total. The minimum atomic E-state index is -0.380. The van der Waals surface area contributed by atoms with E-state index >= 15 is 0 Å². The molecule has 1 unspecified atom stereocenters. The monoisotopic (exact) mass is 1580 g/mol. The van der Waals surface area contributed by atoms with Crippen LogP contribution >= 0.6 is 0 Å². The average molecular weight is 1580 g/mol. The van der Waals surface area contributed by atoms with Gasteiger partial charge in [-0.2, -0.15) is 5.26 Å². The van der Waals surface area contributed by atoms with Crippen LogP contribution in [0.3, 0.4) is 0 Å². The second kappa shape index (κ2) is 34.5. The number of carbonyl (C=O) groups is 5. The summed E-state index contributed by atoms with van der Waals surface area (Å²) in [7, 11) is 12.5. The molecule has 10 aromatic rings. The molecule has 4 amide bonds. The number of piperidine rings is 1. The number of nitriles is 1. The first-order valence-corrected chi connectivity index (χ1v) is 41.6. The lowest BCUT2D eigenvalue weighted by Crippen LogP contribution is -2.39. The molecule has 10 aromatic heterocycles. The first kappa shape index (κ1) is 78.9. The van der Waals surface area contributed by atoms with E-state index in [-0.39, 0.29) is 37.4 Å². The summed E-state index contributed by atoms with van der Waals surface area (Å²) in [5.74, 6) is 11.0. The maximum Gasteiger partial charge on any atom is 0.248 e. The number of hydrogen-bond donors (Lipinski definition) is 7. The van der Waals surface area contributed by atoms with E-state index in [4.69, 9.17) is 15.5 Å². The molecule has 612 valence electrons. The lowest BCUT2D eigenvalue weighted by atomic mass is 9.78. The molecule has 4 aliphatic heterocycles. The van der Waals surface area contributed by atoms with Crippen molar-refractivity contribution in [2.75, 3.05) is 126 Å². The van der Waals surface area contributed by atoms with Crippen molar-refractivity contribution >= 4 is 114 Å². The van der Waals surface area contributed by atoms with Crippen LogP contribution in [0.15, 0.2) is 93.0 Å². The van der Waals surface area contributed by atoms with Crippen LogP contribution in [0.25, 0.3) is 55.2 Å². The summed E-state index contributed by atoms with van der Waals surface area (Å²) in [6.07, 6.45) is 35.3. The minimum absolute atomic E-state index is 0.00478. The van der Waals surface area contributed by atoms with Gasteiger partial charge in [0.15, 0.2) is 0 Å². The van der Waals surface area contributed by atoms with Crippen LogP contribution in [0, 0.1) is 70.5 Å². The van der Waals surface area contributed by atoms with E-state index in [1.807, 2.05) is 94.0 Å². The summed E-state index contributed by atoms with van der Waals surface area (Å²) >= 11 is 0. The fourth-order valence-electron chi connectivity index (χ4n) is 21.5. The van der Waals surface area contributed by atoms with Crippen molar-refractivity contribution in [1.82, 2.24) is 94.4 Å². The van der Waals surface area contributed by atoms with Gasteiger partial charge in [0.05, 0.1) is 33.0 Å². The number of aromatic amines is 5. The number of rotatable bonds is 13. The highest BCUT2D eigenvalue weighted by atomic mass is 16.3. The predicted octanol–water partition coefficient (Wildman–Crippen LogP) is 8.15. The zero-order valence-electron chi connectivity index (χ0n) is 67.3. The Kier molecular flexibility index (Phi) is 23.5. The van der Waals surface area contributed by atoms with E-state index in [0.29, 0.717) is 102 Å². The average Bonchev–Trinajstić information content (AvgIpc) is 1.61. The Bertz CT molecular complexity index is 5040. The first-order chi connectivity index (χ1) is 56.4. The molecule has 4 saturated heterocycles. The van der Waals surface area contributed by atoms with Crippen molar-refractivity contribution in [3.8, 4) is 6.07 Å². The summed E-state index contributed by atoms with van der Waals surface area (Å²) in [5, 5.41) is 32.2. The number of aliphatic hydroxyl groups is 2. The number of carbonyl (C=O) groups excluding carboxylic acids is 5. The normalized spacial score (nSPS) is 27.1. The van der Waals surface area contributed by atoms with Crippen LogP contribution in [-0.4, -0.2) is 266 Å². The molecular weight excluding hydrogens is 1470 g/mol. The lowest BCUT2D eigenvalue weighted by molar-refractivity contribution is -0.135. The molecule has 14 heterocycles. The standard InChI is InChI=1S/C18H22N6O.2C17H23N5O2.C16H21N5O.C16H20N4O/c1-23(18-15-5-7-20-17(15)21-11-22-18)14-3-2-12-9-24(10-13(12)8-14)16(25)4-6-19;2*1-21(17-14-4-5-18-16(14)19-10-20-17)13-3-2-11-7-22(15(24)9-23)8-12(11)6-13;1-20-8-11-6-12(5-10(11)7-14(20)22)21(2)16-13-3-4-17-15(13)18-9-19-16;1-20(16-14-4-5-17-15(14)18-9-19-16)12-6-10-2-3-13(21)8-11(10)7-12/h5,7,11-14H,2-4,8-10H2,1H3,(H,20,21,22);2*4-5,10-13,23H,2-3,6-9H2,1H3,(H,18,19,20);3-4,9-12H,5-8H2,1-2H3,(H,17,18,19);4-5,9-12H,2-3,6-8H2,1H3,(H,17,18,19)/t12-,13+,14?;11-,12+,13+;11-,12+,13-;10-,11+,12-;10-,11-,12-/m00011/s1. The first-order valence-electron chi connectivity index (χ1n) is 41.6. The van der Waals surface area contributed by atoms with Crippen LogP contribution in [-0.2, 0) is 24.0 Å². The maximum absolute atomic E-state index is 12.0. The number of hydrogen-bond acceptors (Lipinski definition) is 23. The summed E-state index contributed by atoms with van der Waals surface area (Å²) in [6, 6.07) is 14.3. The number of amides is 4. The molecule has 0 radical (unpaired) electrons. The number of nitrogens with zero attached hydrogens (tertiary/aromatic N) is 20. The quantitative estimate of drug-likeness (QED) is 0.0572. The third-order valence-electron chi connectivity index (χ3n) is 28.0. The zero-order valence-corrected chi connectivity index (χ0v) is 67.3. The minimum Gasteiger partial charge on any atom is -0.387 e. The van der Waals surface area contributed by atoms with Crippen LogP contribution in [0.4, 0.5) is 29.1 Å². The Hall–Kier alpha value is -10.9. The van der Waals surface area contributed by atoms with Crippen molar-refractivity contribution in [2.45, 2.75) is 146 Å². The Morgan fingerprint density at radius 3 is 1.03 bits per heavy atom. The van der Waals surface area contributed by atoms with Gasteiger partial charge in [0, 0.05) is 169 Å². The van der Waals surface area contributed by atoms with Crippen molar-refractivity contribution in [2.24, 2.45) is 59.2 Å². The van der Waals surface area contributed by atoms with Gasteiger partial charge >= 0.3 is 0 Å². The zero-order chi connectivity index (χ0) is 80.4. The van der Waals surface area contributed by atoms with E-state index in [0.717, 1.165) is 232 Å². The third-order valence-corrected chi connectivity index (χ3v) is 28.0. The van der Waals surface area contributed by atoms with Crippen LogP contribution < -0.4 is 24.5 Å². The van der Waals surface area contributed by atoms with Gasteiger partial charge in [-0.25, -0.2) is 49.8 Å². The van der Waals surface area contributed by atoms with Crippen LogP contribution in [0.2, 0.25) is 0 Å². The predicted molar refractivity (Wildman–Crippen MR) is 441 cm³/mol. The Labute approximate surface area is 674 Å². The molecule has 116 heavy (non-hydrogen) atoms. The number of fused-ring (bicyclic) bond motifs is 10. The number of ketones is 1. The summed E-state index contributed by atoms with van der Waals surface area (Å²) < 4.78 is 0. The van der Waals surface area contributed by atoms with Crippen molar-refractivity contribution in [1.29, 1.82) is 5.26 Å². The van der Waals surface area contributed by atoms with E-state index in [1.54, 1.807) is 31.6 Å². The Morgan fingerprint density at radius 1 is 0.388 bits per heavy atom. The van der Waals surface area contributed by atoms with Gasteiger partial charge in [-0.1, -0.05) is 0 Å². The molecule has 0 aromatic carbocycles. The van der Waals surface area contributed by atoms with Gasteiger partial charge in [-0.15, -0.1) is 0 Å². The van der Waals surface area contributed by atoms with Gasteiger partial charge in [0.25, 0.3) is 0 Å². The fourth-order valence-corrected chi connectivity index (χ4v) is 21.5. The van der Waals surface area contributed by atoms with Crippen LogP contribution in [0.5, 0.6) is 0 Å². The van der Waals surface area contributed by atoms with Crippen LogP contribution in [0.1, 0.15) is 116 Å². The van der Waals surface area contributed by atoms with Gasteiger partial charge < -0.3 is 79.2 Å². The lowest BCUT2D eigenvalue weighted by Gasteiger charge is -2.37. The molecule has 32 heteroatoms. The van der Waals surface area contributed by atoms with E-state index in [2.05, 4.69) is 134 Å². The van der Waals surface area contributed by atoms with E-state index < -0.39 is 0 Å². The highest BCUT2D eigenvalue weighted by Gasteiger charge is 2.46. The Balaban J connectivity index is 0.000000109. The maximum atomic E-state index is 12.0. The summed E-state index contributed by atoms with van der Waals surface area (Å²) in [6.45, 7) is 4.90. The second-order valence-electron chi connectivity index (χ2n) is 34.3. The number of H-pyrrole nitrogens is 5. The highest BCUT2D eigenvalue weighted by Crippen LogP contribution is 2.47. The number of likely N-dealkylation sites (tertiary alicyclic amines) is 4. The van der Waals surface area contributed by atoms with E-state index in [9.17, 15) is 24.0 Å². The van der Waals surface area contributed by atoms with Crippen molar-refractivity contribution in [3.63, 3.8) is 0 Å². The molecule has 20 rings (SSSR count). The van der Waals surface area contributed by atoms with Gasteiger partial charge in [0.2, 0.25) is 23.6 Å². The molecule has 10 aliphatic rings. The number of Topliss-reactive ketones (excluding diaryl/α,β-unsaturated/α-hetero) is 1. The smallest absolute Gasteiger partial charge is 0.248 e. The largest absolute Gasteiger partial charge is 0.387 e. The van der Waals surface area contributed by atoms with Gasteiger partial charge in [-0.3, -0.25) is 24.0 Å². The molecule has 7 N–H and O–H groups in total. The SMILES string of the molecule is CN(c1ncnc2[nH]ccc12)C1CC[C@H]2CN(C(=O)CC#N)C[C@H]2C1.CN(c1ncnc2[nH]ccc12)[C@@H]1CC[C@H]2CN(C(=O)CO)C[C@H]2C1.CN(c1ncnc2[nH]ccc12)[C@@H]1C[C@H]2CCC(=O)C[C@H]2C1.CN(c1ncnc2[nH]ccc12)[C@H]1CC[C@H]2CN(C(=O)CO)C[C@H]2C1.CN1C[C@@H]2C[C@H](N(C)c3ncnc4[nH]ccc34)C[C@@H]2CC1=O. The fraction of sp³-hybridized carbons (Fsp3) is 0.571. The number of nitrogens with one attached hydrogen (secondary N) is 5. The summed E-state index contributed by atoms with van der Waals surface area (Å²) in [5.41, 5.74) is 4.35. The molecule has 0 spiro atoms. The Morgan fingerprint density at radius 2 is 0.681 bits per heavy atom. The van der Waals surface area contributed by atoms with Crippen molar-refractivity contribution < 1.29 is 34.2 Å². The molecule has 0 bridgehead atoms. The topological polar surface area (TPSA) is 387 Å². The van der Waals surface area contributed by atoms with E-state index in [1.165, 1.54) is 6.42 Å². The number of aliphatic hydroxyl groups excluding tert-OH is 2. The molecule has 6 aliphatic carbocycles. The van der Waals surface area contributed by atoms with Crippen molar-refractivity contribution in [3.05, 3.63) is 93.0 Å². The molecular formula is C84H109N25O7. The molecule has 10 fully saturated rings. The third kappa shape index (κ3) is 16.4. The van der Waals surface area contributed by atoms with Gasteiger partial charge in [0.1, 0.15) is 114 Å². The number of anilines is 5. The summed E-state index contributed by atoms with van der Waals surface area (Å²) in [4.78, 5) is 137. The molecule has 6 saturated carbocycles. The second-order valence-corrected chi connectivity index (χ2v) is 34.3.